The summed E-state index contributed by atoms with van der Waals surface area (Å²) >= 11 is 3.42. The first kappa shape index (κ1) is 7.22. The highest BCUT2D eigenvalue weighted by atomic mass is 79.9. The zero-order valence-electron chi connectivity index (χ0n) is 5.09. The molecule has 0 aromatic heterocycles. The Morgan fingerprint density at radius 3 is 1.86 bits per heavy atom. The van der Waals surface area contributed by atoms with E-state index in [1.54, 1.807) is 0 Å². The van der Waals surface area contributed by atoms with E-state index in [0.717, 1.165) is 6.42 Å². The van der Waals surface area contributed by atoms with E-state index < -0.39 is 0 Å². The number of hydrogen-bond donors (Lipinski definition) is 0. The van der Waals surface area contributed by atoms with Crippen molar-refractivity contribution in [2.75, 3.05) is 0 Å². The highest BCUT2D eigenvalue weighted by molar-refractivity contribution is 9.11. The third kappa shape index (κ3) is 2.86. The molecule has 0 rings (SSSR count). The van der Waals surface area contributed by atoms with E-state index >= 15 is 0 Å². The molecule has 0 radical (unpaired) electrons. The van der Waals surface area contributed by atoms with Gasteiger partial charge in [-0.1, -0.05) is 28.4 Å². The molecule has 0 N–H and O–H groups in total. The predicted molar refractivity (Wildman–Crippen MR) is 37.6 cm³/mol. The van der Waals surface area contributed by atoms with Gasteiger partial charge in [-0.15, -0.1) is 0 Å². The summed E-state index contributed by atoms with van der Waals surface area (Å²) in [5, 5.41) is 0. The van der Waals surface area contributed by atoms with Crippen molar-refractivity contribution in [3.63, 3.8) is 0 Å². The first-order valence-electron chi connectivity index (χ1n) is 2.50. The van der Waals surface area contributed by atoms with Crippen LogP contribution in [0.25, 0.3) is 0 Å². The first-order chi connectivity index (χ1) is 3.18. The standard InChI is InChI=1S/C6H11Br/c1-4-6(7)5(2)3/h4H2,1-3H3. The summed E-state index contributed by atoms with van der Waals surface area (Å²) < 4.78 is 1.33. The molecule has 0 amide bonds. The molecule has 0 aromatic carbocycles. The molecule has 0 saturated heterocycles. The lowest BCUT2D eigenvalue weighted by atomic mass is 10.3. The summed E-state index contributed by atoms with van der Waals surface area (Å²) in [7, 11) is 0. The van der Waals surface area contributed by atoms with Gasteiger partial charge in [0.15, 0.2) is 0 Å². The Kier molecular flexibility index (Phi) is 3.35. The molecular formula is C6H11Br. The van der Waals surface area contributed by atoms with Crippen molar-refractivity contribution in [2.45, 2.75) is 27.2 Å². The smallest absolute Gasteiger partial charge is 0.00656 e. The average Bonchev–Trinajstić information content (AvgIpc) is 1.65. The number of rotatable bonds is 1. The van der Waals surface area contributed by atoms with Crippen molar-refractivity contribution in [2.24, 2.45) is 0 Å². The predicted octanol–water partition coefficient (Wildman–Crippen LogP) is 3.09. The molecule has 42 valence electrons. The molecule has 0 spiro atoms. The first-order valence-corrected chi connectivity index (χ1v) is 3.29. The van der Waals surface area contributed by atoms with Crippen LogP contribution in [0.4, 0.5) is 0 Å². The number of allylic oxidation sites excluding steroid dienone is 2. The fraction of sp³-hybridized carbons (Fsp3) is 0.667. The van der Waals surface area contributed by atoms with Crippen LogP contribution in [-0.2, 0) is 0 Å². The third-order valence-electron chi connectivity index (χ3n) is 0.853. The van der Waals surface area contributed by atoms with Crippen LogP contribution in [-0.4, -0.2) is 0 Å². The Hall–Kier alpha value is 0.220. The minimum atomic E-state index is 1.11. The monoisotopic (exact) mass is 162 g/mol. The maximum absolute atomic E-state index is 3.42. The summed E-state index contributed by atoms with van der Waals surface area (Å²) in [6, 6.07) is 0. The van der Waals surface area contributed by atoms with E-state index in [9.17, 15) is 0 Å². The molecule has 0 aliphatic carbocycles. The quantitative estimate of drug-likeness (QED) is 0.557. The SMILES string of the molecule is CCC(Br)=C(C)C. The fourth-order valence-electron chi connectivity index (χ4n) is 0.354. The maximum atomic E-state index is 3.42. The summed E-state index contributed by atoms with van der Waals surface area (Å²) in [5.41, 5.74) is 1.38. The zero-order chi connectivity index (χ0) is 5.86. The van der Waals surface area contributed by atoms with E-state index in [1.165, 1.54) is 10.1 Å². The van der Waals surface area contributed by atoms with Gasteiger partial charge in [0.25, 0.3) is 0 Å². The van der Waals surface area contributed by atoms with E-state index in [-0.39, 0.29) is 0 Å². The Balaban J connectivity index is 3.72. The van der Waals surface area contributed by atoms with Crippen LogP contribution in [0.1, 0.15) is 27.2 Å². The lowest BCUT2D eigenvalue weighted by Crippen LogP contribution is -1.69. The molecule has 0 aliphatic rings. The Morgan fingerprint density at radius 2 is 1.86 bits per heavy atom. The molecule has 0 nitrogen and oxygen atoms in total. The molecular weight excluding hydrogens is 152 g/mol. The van der Waals surface area contributed by atoms with Crippen molar-refractivity contribution in [3.8, 4) is 0 Å². The molecule has 0 unspecified atom stereocenters. The van der Waals surface area contributed by atoms with Crippen LogP contribution in [0.15, 0.2) is 10.1 Å². The van der Waals surface area contributed by atoms with E-state index in [4.69, 9.17) is 0 Å². The summed E-state index contributed by atoms with van der Waals surface area (Å²) in [4.78, 5) is 0. The minimum absolute atomic E-state index is 1.11. The van der Waals surface area contributed by atoms with Gasteiger partial charge in [0.2, 0.25) is 0 Å². The van der Waals surface area contributed by atoms with Crippen LogP contribution in [0.5, 0.6) is 0 Å². The third-order valence-corrected chi connectivity index (χ3v) is 2.21. The number of hydrogen-bond acceptors (Lipinski definition) is 0. The van der Waals surface area contributed by atoms with E-state index in [2.05, 4.69) is 36.7 Å². The molecule has 0 aliphatic heterocycles. The van der Waals surface area contributed by atoms with Gasteiger partial charge >= 0.3 is 0 Å². The number of halogens is 1. The van der Waals surface area contributed by atoms with Gasteiger partial charge in [-0.2, -0.15) is 0 Å². The highest BCUT2D eigenvalue weighted by Gasteiger charge is 1.85. The Labute approximate surface area is 53.7 Å². The van der Waals surface area contributed by atoms with Crippen LogP contribution >= 0.6 is 15.9 Å². The summed E-state index contributed by atoms with van der Waals surface area (Å²) in [5.74, 6) is 0. The van der Waals surface area contributed by atoms with Crippen LogP contribution < -0.4 is 0 Å². The largest absolute Gasteiger partial charge is 0.0663 e. The molecule has 0 bridgehead atoms. The van der Waals surface area contributed by atoms with E-state index in [0.29, 0.717) is 0 Å². The van der Waals surface area contributed by atoms with Gasteiger partial charge < -0.3 is 0 Å². The lowest BCUT2D eigenvalue weighted by Gasteiger charge is -1.92. The molecule has 0 atom stereocenters. The van der Waals surface area contributed by atoms with Gasteiger partial charge in [0.05, 0.1) is 0 Å². The van der Waals surface area contributed by atoms with Gasteiger partial charge in [0.1, 0.15) is 0 Å². The molecule has 7 heavy (non-hydrogen) atoms. The lowest BCUT2D eigenvalue weighted by molar-refractivity contribution is 1.16. The molecule has 0 heterocycles. The van der Waals surface area contributed by atoms with Crippen molar-refractivity contribution >= 4 is 15.9 Å². The van der Waals surface area contributed by atoms with Crippen molar-refractivity contribution in [3.05, 3.63) is 10.1 Å². The zero-order valence-corrected chi connectivity index (χ0v) is 6.67. The second-order valence-electron chi connectivity index (χ2n) is 1.76. The molecule has 0 aromatic rings. The highest BCUT2D eigenvalue weighted by Crippen LogP contribution is 2.13. The topological polar surface area (TPSA) is 0 Å². The van der Waals surface area contributed by atoms with Crippen molar-refractivity contribution in [1.82, 2.24) is 0 Å². The van der Waals surface area contributed by atoms with Crippen LogP contribution in [0.2, 0.25) is 0 Å². The molecule has 0 saturated carbocycles. The van der Waals surface area contributed by atoms with Gasteiger partial charge in [0, 0.05) is 0 Å². The van der Waals surface area contributed by atoms with E-state index in [1.807, 2.05) is 0 Å². The Bertz CT molecular complexity index is 78.2. The Morgan fingerprint density at radius 1 is 1.43 bits per heavy atom. The van der Waals surface area contributed by atoms with Crippen molar-refractivity contribution in [1.29, 1.82) is 0 Å². The van der Waals surface area contributed by atoms with Gasteiger partial charge in [-0.25, -0.2) is 0 Å². The van der Waals surface area contributed by atoms with Crippen LogP contribution in [0.3, 0.4) is 0 Å². The molecule has 0 fully saturated rings. The normalized spacial score (nSPS) is 8.57. The van der Waals surface area contributed by atoms with Gasteiger partial charge in [-0.05, 0) is 24.8 Å². The minimum Gasteiger partial charge on any atom is -0.0663 e. The molecule has 1 heteroatoms. The second kappa shape index (κ2) is 3.25. The summed E-state index contributed by atoms with van der Waals surface area (Å²) in [6.07, 6.45) is 1.11. The van der Waals surface area contributed by atoms with Crippen LogP contribution in [0, 0.1) is 0 Å². The van der Waals surface area contributed by atoms with Crippen molar-refractivity contribution < 1.29 is 0 Å². The fourth-order valence-corrected chi connectivity index (χ4v) is 0.354. The van der Waals surface area contributed by atoms with Gasteiger partial charge in [-0.3, -0.25) is 0 Å². The maximum Gasteiger partial charge on any atom is -0.00656 e. The average molecular weight is 163 g/mol. The second-order valence-corrected chi connectivity index (χ2v) is 2.72. The summed E-state index contributed by atoms with van der Waals surface area (Å²) in [6.45, 7) is 6.35.